The smallest absolute Gasteiger partial charge is 0.322 e. The lowest BCUT2D eigenvalue weighted by Crippen LogP contribution is -2.43. The Morgan fingerprint density at radius 2 is 1.87 bits per heavy atom. The van der Waals surface area contributed by atoms with Crippen molar-refractivity contribution in [1.82, 2.24) is 5.32 Å². The molecule has 0 aliphatic heterocycles. The number of hydrogen-bond donors (Lipinski definition) is 3. The van der Waals surface area contributed by atoms with Crippen LogP contribution in [0.3, 0.4) is 0 Å². The number of rotatable bonds is 6. The van der Waals surface area contributed by atoms with Crippen LogP contribution < -0.4 is 11.1 Å². The van der Waals surface area contributed by atoms with Crippen LogP contribution in [-0.4, -0.2) is 29.6 Å². The standard InChI is InChI=1S/C10H20N2O3/c1-6(2)7(3)4-8(11)10(15)12-5-9(13)14/h6-8H,4-5,11H2,1-3H3,(H,12,15)(H,13,14)/t7?,8-/m0/s1. The van der Waals surface area contributed by atoms with E-state index >= 15 is 0 Å². The second kappa shape index (κ2) is 6.40. The van der Waals surface area contributed by atoms with E-state index in [0.29, 0.717) is 18.3 Å². The molecule has 0 bridgehead atoms. The van der Waals surface area contributed by atoms with Gasteiger partial charge in [0.25, 0.3) is 0 Å². The molecule has 1 amide bonds. The molecule has 5 heteroatoms. The van der Waals surface area contributed by atoms with E-state index in [-0.39, 0.29) is 6.54 Å². The van der Waals surface area contributed by atoms with Crippen molar-refractivity contribution in [2.24, 2.45) is 17.6 Å². The molecule has 0 saturated carbocycles. The average molecular weight is 216 g/mol. The van der Waals surface area contributed by atoms with Crippen LogP contribution >= 0.6 is 0 Å². The molecule has 0 heterocycles. The van der Waals surface area contributed by atoms with E-state index in [1.54, 1.807) is 0 Å². The number of carbonyl (C=O) groups excluding carboxylic acids is 1. The van der Waals surface area contributed by atoms with Gasteiger partial charge in [-0.15, -0.1) is 0 Å². The van der Waals surface area contributed by atoms with Gasteiger partial charge in [-0.3, -0.25) is 9.59 Å². The molecule has 0 aromatic heterocycles. The molecule has 0 spiro atoms. The van der Waals surface area contributed by atoms with Crippen molar-refractivity contribution in [2.75, 3.05) is 6.54 Å². The Morgan fingerprint density at radius 3 is 2.27 bits per heavy atom. The van der Waals surface area contributed by atoms with Crippen molar-refractivity contribution < 1.29 is 14.7 Å². The van der Waals surface area contributed by atoms with Crippen LogP contribution in [0.15, 0.2) is 0 Å². The third-order valence-electron chi connectivity index (χ3n) is 2.51. The molecule has 0 aromatic carbocycles. The fourth-order valence-electron chi connectivity index (χ4n) is 1.07. The van der Waals surface area contributed by atoms with Gasteiger partial charge in [0.1, 0.15) is 6.54 Å². The van der Waals surface area contributed by atoms with Crippen LogP contribution in [0.2, 0.25) is 0 Å². The minimum absolute atomic E-state index is 0.343. The predicted molar refractivity (Wildman–Crippen MR) is 57.2 cm³/mol. The highest BCUT2D eigenvalue weighted by Gasteiger charge is 2.18. The van der Waals surface area contributed by atoms with Crippen molar-refractivity contribution >= 4 is 11.9 Å². The Labute approximate surface area is 90.0 Å². The van der Waals surface area contributed by atoms with Gasteiger partial charge in [-0.1, -0.05) is 20.8 Å². The normalized spacial score (nSPS) is 14.7. The number of carbonyl (C=O) groups is 2. The summed E-state index contributed by atoms with van der Waals surface area (Å²) in [6.07, 6.45) is 0.573. The maximum atomic E-state index is 11.3. The van der Waals surface area contributed by atoms with Crippen molar-refractivity contribution in [3.63, 3.8) is 0 Å². The third kappa shape index (κ3) is 6.06. The molecule has 0 aliphatic carbocycles. The van der Waals surface area contributed by atoms with E-state index in [2.05, 4.69) is 19.2 Å². The summed E-state index contributed by atoms with van der Waals surface area (Å²) in [4.78, 5) is 21.5. The van der Waals surface area contributed by atoms with Crippen molar-refractivity contribution in [3.8, 4) is 0 Å². The molecule has 0 aromatic rings. The maximum Gasteiger partial charge on any atom is 0.322 e. The van der Waals surface area contributed by atoms with E-state index in [9.17, 15) is 9.59 Å². The molecule has 88 valence electrons. The van der Waals surface area contributed by atoms with Crippen LogP contribution in [-0.2, 0) is 9.59 Å². The largest absolute Gasteiger partial charge is 0.480 e. The van der Waals surface area contributed by atoms with Gasteiger partial charge < -0.3 is 16.2 Å². The Kier molecular flexibility index (Phi) is 5.93. The SMILES string of the molecule is CC(C)C(C)C[C@H](N)C(=O)NCC(=O)O. The molecule has 0 aliphatic rings. The number of carboxylic acids is 1. The molecule has 0 radical (unpaired) electrons. The first-order chi connectivity index (χ1) is 6.84. The summed E-state index contributed by atoms with van der Waals surface area (Å²) in [5.74, 6) is -0.656. The lowest BCUT2D eigenvalue weighted by atomic mass is 9.91. The highest BCUT2D eigenvalue weighted by molar-refractivity contribution is 5.84. The first kappa shape index (κ1) is 13.9. The monoisotopic (exact) mass is 216 g/mol. The number of nitrogens with two attached hydrogens (primary N) is 1. The molecule has 0 fully saturated rings. The highest BCUT2D eigenvalue weighted by atomic mass is 16.4. The molecule has 2 atom stereocenters. The second-order valence-electron chi connectivity index (χ2n) is 4.18. The first-order valence-electron chi connectivity index (χ1n) is 5.09. The van der Waals surface area contributed by atoms with Crippen LogP contribution in [0, 0.1) is 11.8 Å². The van der Waals surface area contributed by atoms with Gasteiger partial charge in [-0.25, -0.2) is 0 Å². The van der Waals surface area contributed by atoms with E-state index in [1.807, 2.05) is 6.92 Å². The molecule has 0 rings (SSSR count). The quantitative estimate of drug-likeness (QED) is 0.591. The minimum atomic E-state index is -1.06. The fourth-order valence-corrected chi connectivity index (χ4v) is 1.07. The van der Waals surface area contributed by atoms with Crippen LogP contribution in [0.25, 0.3) is 0 Å². The lowest BCUT2D eigenvalue weighted by molar-refractivity contribution is -0.138. The summed E-state index contributed by atoms with van der Waals surface area (Å²) in [6.45, 7) is 5.77. The summed E-state index contributed by atoms with van der Waals surface area (Å²) in [5.41, 5.74) is 5.64. The van der Waals surface area contributed by atoms with E-state index in [0.717, 1.165) is 0 Å². The Bertz CT molecular complexity index is 229. The molecule has 1 unspecified atom stereocenters. The van der Waals surface area contributed by atoms with Crippen LogP contribution in [0.4, 0.5) is 0 Å². The van der Waals surface area contributed by atoms with E-state index < -0.39 is 17.9 Å². The number of nitrogens with one attached hydrogen (secondary N) is 1. The number of amides is 1. The zero-order valence-electron chi connectivity index (χ0n) is 9.49. The lowest BCUT2D eigenvalue weighted by Gasteiger charge is -2.19. The number of hydrogen-bond acceptors (Lipinski definition) is 3. The Morgan fingerprint density at radius 1 is 1.33 bits per heavy atom. The zero-order valence-corrected chi connectivity index (χ0v) is 9.49. The summed E-state index contributed by atoms with van der Waals surface area (Å²) in [6, 6.07) is -0.623. The summed E-state index contributed by atoms with van der Waals surface area (Å²) in [5, 5.41) is 10.6. The minimum Gasteiger partial charge on any atom is -0.480 e. The van der Waals surface area contributed by atoms with E-state index in [4.69, 9.17) is 10.8 Å². The van der Waals surface area contributed by atoms with Gasteiger partial charge in [-0.2, -0.15) is 0 Å². The van der Waals surface area contributed by atoms with Gasteiger partial charge in [0.2, 0.25) is 5.91 Å². The summed E-state index contributed by atoms with van der Waals surface area (Å²) < 4.78 is 0. The molecular weight excluding hydrogens is 196 g/mol. The number of carboxylic acid groups (broad SMARTS) is 1. The van der Waals surface area contributed by atoms with Gasteiger partial charge in [-0.05, 0) is 18.3 Å². The highest BCUT2D eigenvalue weighted by Crippen LogP contribution is 2.15. The maximum absolute atomic E-state index is 11.3. The number of aliphatic carboxylic acids is 1. The Balaban J connectivity index is 3.93. The van der Waals surface area contributed by atoms with Crippen molar-refractivity contribution in [3.05, 3.63) is 0 Å². The van der Waals surface area contributed by atoms with Gasteiger partial charge in [0.15, 0.2) is 0 Å². The van der Waals surface area contributed by atoms with Crippen molar-refractivity contribution in [1.29, 1.82) is 0 Å². The summed E-state index contributed by atoms with van der Waals surface area (Å²) >= 11 is 0. The third-order valence-corrected chi connectivity index (χ3v) is 2.51. The Hall–Kier alpha value is -1.10. The molecule has 5 nitrogen and oxygen atoms in total. The molecule has 4 N–H and O–H groups in total. The van der Waals surface area contributed by atoms with Gasteiger partial charge in [0.05, 0.1) is 6.04 Å². The van der Waals surface area contributed by atoms with Gasteiger partial charge >= 0.3 is 5.97 Å². The van der Waals surface area contributed by atoms with Crippen LogP contribution in [0.5, 0.6) is 0 Å². The van der Waals surface area contributed by atoms with E-state index in [1.165, 1.54) is 0 Å². The van der Waals surface area contributed by atoms with Crippen LogP contribution in [0.1, 0.15) is 27.2 Å². The summed E-state index contributed by atoms with van der Waals surface area (Å²) in [7, 11) is 0. The zero-order chi connectivity index (χ0) is 12.0. The fraction of sp³-hybridized carbons (Fsp3) is 0.800. The molecular formula is C10H20N2O3. The van der Waals surface area contributed by atoms with Gasteiger partial charge in [0, 0.05) is 0 Å². The second-order valence-corrected chi connectivity index (χ2v) is 4.18. The van der Waals surface area contributed by atoms with Crippen molar-refractivity contribution in [2.45, 2.75) is 33.2 Å². The topological polar surface area (TPSA) is 92.4 Å². The first-order valence-corrected chi connectivity index (χ1v) is 5.09. The predicted octanol–water partition coefficient (Wildman–Crippen LogP) is 0.197. The molecule has 0 saturated heterocycles. The molecule has 15 heavy (non-hydrogen) atoms. The average Bonchev–Trinajstić information content (AvgIpc) is 2.13.